The molecule has 2 aromatic rings. The van der Waals surface area contributed by atoms with Crippen molar-refractivity contribution in [3.8, 4) is 17.2 Å². The van der Waals surface area contributed by atoms with Crippen molar-refractivity contribution in [1.82, 2.24) is 10.7 Å². The lowest BCUT2D eigenvalue weighted by Gasteiger charge is -2.19. The van der Waals surface area contributed by atoms with Crippen molar-refractivity contribution in [2.45, 2.75) is 69.4 Å². The molecule has 0 radical (unpaired) electrons. The molecule has 18 heteroatoms. The van der Waals surface area contributed by atoms with Crippen LogP contribution < -0.4 is 19.5 Å². The van der Waals surface area contributed by atoms with Crippen molar-refractivity contribution in [2.75, 3.05) is 33.5 Å². The van der Waals surface area contributed by atoms with E-state index in [-0.39, 0.29) is 67.3 Å². The number of nitrogens with zero attached hydrogens (tertiary/aromatic N) is 1. The third kappa shape index (κ3) is 16.0. The maximum Gasteiger partial charge on any atom is 0.416 e. The number of esters is 2. The lowest BCUT2D eigenvalue weighted by atomic mass is 9.89. The third-order valence-electron chi connectivity index (χ3n) is 8.43. The van der Waals surface area contributed by atoms with Gasteiger partial charge in [0, 0.05) is 18.8 Å². The van der Waals surface area contributed by atoms with Gasteiger partial charge in [0.15, 0.2) is 11.5 Å². The highest BCUT2D eigenvalue weighted by atomic mass is 19.4. The number of nitrogens with one attached hydrogen (secondary N) is 1. The predicted octanol–water partition coefficient (Wildman–Crippen LogP) is 4.16. The van der Waals surface area contributed by atoms with Crippen LogP contribution in [0.3, 0.4) is 0 Å². The number of halogens is 3. The van der Waals surface area contributed by atoms with Crippen molar-refractivity contribution >= 4 is 17.8 Å². The van der Waals surface area contributed by atoms with E-state index in [0.29, 0.717) is 32.1 Å². The molecule has 2 aromatic carbocycles. The van der Waals surface area contributed by atoms with Gasteiger partial charge in [0.05, 0.1) is 49.0 Å². The van der Waals surface area contributed by atoms with E-state index in [1.54, 1.807) is 6.08 Å². The van der Waals surface area contributed by atoms with Crippen molar-refractivity contribution < 1.29 is 77.1 Å². The van der Waals surface area contributed by atoms with Crippen LogP contribution >= 0.6 is 0 Å². The maximum absolute atomic E-state index is 12.9. The Morgan fingerprint density at radius 1 is 1.00 bits per heavy atom. The van der Waals surface area contributed by atoms with Gasteiger partial charge in [-0.25, -0.2) is 9.59 Å². The molecule has 0 spiro atoms. The van der Waals surface area contributed by atoms with E-state index in [4.69, 9.17) is 29.4 Å². The number of methoxy groups -OCH3 is 1. The van der Waals surface area contributed by atoms with E-state index in [0.717, 1.165) is 12.1 Å². The lowest BCUT2D eigenvalue weighted by molar-refractivity contribution is -0.492. The number of carbonyl (C=O) groups is 3. The van der Waals surface area contributed by atoms with Gasteiger partial charge in [-0.1, -0.05) is 30.4 Å². The van der Waals surface area contributed by atoms with Gasteiger partial charge in [-0.3, -0.25) is 20.0 Å². The quantitative estimate of drug-likeness (QED) is 0.0326. The van der Waals surface area contributed by atoms with Crippen LogP contribution in [0.15, 0.2) is 66.8 Å². The average molecular weight is 785 g/mol. The minimum absolute atomic E-state index is 0.00777. The molecule has 1 aliphatic carbocycles. The Morgan fingerprint density at radius 2 is 1.76 bits per heavy atom. The fourth-order valence-electron chi connectivity index (χ4n) is 5.61. The minimum atomic E-state index is -4.53. The normalized spacial score (nSPS) is 19.2. The molecule has 55 heavy (non-hydrogen) atoms. The van der Waals surface area contributed by atoms with Crippen LogP contribution in [-0.4, -0.2) is 101 Å². The van der Waals surface area contributed by atoms with Gasteiger partial charge >= 0.3 is 18.1 Å². The molecule has 6 N–H and O–H groups in total. The highest BCUT2D eigenvalue weighted by Crippen LogP contribution is 2.36. The zero-order valence-electron chi connectivity index (χ0n) is 30.1. The summed E-state index contributed by atoms with van der Waals surface area (Å²) in [4.78, 5) is 41.4. The number of ether oxygens (including phenoxy) is 4. The van der Waals surface area contributed by atoms with Crippen LogP contribution in [0.5, 0.6) is 17.2 Å². The number of benzene rings is 2. The summed E-state index contributed by atoms with van der Waals surface area (Å²) in [7, 11) is 1.32. The van der Waals surface area contributed by atoms with Crippen molar-refractivity contribution in [3.63, 3.8) is 0 Å². The first-order valence-corrected chi connectivity index (χ1v) is 17.5. The van der Waals surface area contributed by atoms with Gasteiger partial charge in [0.2, 0.25) is 5.91 Å². The SMILES string of the molecule is COc1cc(C(=O)OCCCCON(O)O)ccc1OC(=O)CNC(=O)CCC/C=C\C[C@@H]1[C@@H](/C=C/[C@@H](O)COc2cccc(C(F)(F)F)c2)[C@H](O)C[C@@H]1O. The van der Waals surface area contributed by atoms with E-state index in [2.05, 4.69) is 10.2 Å². The first-order valence-electron chi connectivity index (χ1n) is 17.5. The lowest BCUT2D eigenvalue weighted by Crippen LogP contribution is -2.31. The fraction of sp³-hybridized carbons (Fsp3) is 0.486. The standard InChI is InChI=1S/C37H47F3N2O13/c1-51-33-19-24(36(48)52-17-6-7-18-54-42(49)50)13-16-32(33)55-35(47)22-41-34(46)12-5-3-2-4-11-28-29(31(45)21-30(28)44)15-14-26(43)23-53-27-10-8-9-25(20-27)37(38,39)40/h2,4,8-10,13-16,19-20,26,28-31,43-45,49-50H,3,5-7,11-12,17-18,21-23H2,1H3,(H,41,46)/b4-2-,15-14+/t26-,28-,29-,30+,31-/m1/s1. The number of aliphatic hydroxyl groups excluding tert-OH is 3. The molecular weight excluding hydrogens is 737 g/mol. The molecular formula is C37H47F3N2O13. The molecule has 0 aliphatic heterocycles. The molecule has 0 bridgehead atoms. The summed E-state index contributed by atoms with van der Waals surface area (Å²) >= 11 is 0. The molecule has 0 aromatic heterocycles. The molecule has 1 fully saturated rings. The van der Waals surface area contributed by atoms with Crippen LogP contribution in [0.4, 0.5) is 13.2 Å². The molecule has 1 saturated carbocycles. The zero-order valence-corrected chi connectivity index (χ0v) is 30.1. The molecule has 1 amide bonds. The number of alkyl halides is 3. The van der Waals surface area contributed by atoms with E-state index in [1.807, 2.05) is 12.2 Å². The van der Waals surface area contributed by atoms with Gasteiger partial charge in [-0.15, -0.1) is 0 Å². The van der Waals surface area contributed by atoms with Crippen LogP contribution in [-0.2, 0) is 25.3 Å². The Balaban J connectivity index is 1.35. The summed E-state index contributed by atoms with van der Waals surface area (Å²) in [6, 6.07) is 8.35. The third-order valence-corrected chi connectivity index (χ3v) is 8.43. The molecule has 3 rings (SSSR count). The summed E-state index contributed by atoms with van der Waals surface area (Å²) in [5.41, 5.74) is -0.736. The van der Waals surface area contributed by atoms with Gasteiger partial charge in [0.25, 0.3) is 0 Å². The molecule has 15 nitrogen and oxygen atoms in total. The largest absolute Gasteiger partial charge is 0.493 e. The van der Waals surface area contributed by atoms with E-state index < -0.39 is 59.8 Å². The van der Waals surface area contributed by atoms with Gasteiger partial charge in [-0.05, 0) is 74.4 Å². The Bertz CT molecular complexity index is 1590. The average Bonchev–Trinajstić information content (AvgIpc) is 3.41. The number of aliphatic hydroxyl groups is 3. The molecule has 1 aliphatic rings. The predicted molar refractivity (Wildman–Crippen MR) is 186 cm³/mol. The fourth-order valence-corrected chi connectivity index (χ4v) is 5.61. The topological polar surface area (TPSA) is 214 Å². The molecule has 304 valence electrons. The number of hydrogen-bond acceptors (Lipinski definition) is 14. The van der Waals surface area contributed by atoms with E-state index >= 15 is 0 Å². The van der Waals surface area contributed by atoms with Crippen LogP contribution in [0.25, 0.3) is 0 Å². The Kier molecular flexibility index (Phi) is 18.5. The second-order valence-corrected chi connectivity index (χ2v) is 12.5. The van der Waals surface area contributed by atoms with Gasteiger partial charge in [0.1, 0.15) is 25.0 Å². The number of unbranched alkanes of at least 4 members (excludes halogenated alkanes) is 2. The Hall–Kier alpha value is -4.56. The van der Waals surface area contributed by atoms with Crippen LogP contribution in [0, 0.1) is 11.8 Å². The molecule has 5 atom stereocenters. The zero-order chi connectivity index (χ0) is 40.4. The molecule has 0 heterocycles. The number of rotatable bonds is 22. The first kappa shape index (κ1) is 44.8. The number of allylic oxidation sites excluding steroid dienone is 2. The van der Waals surface area contributed by atoms with Crippen molar-refractivity contribution in [1.29, 1.82) is 0 Å². The Labute approximate surface area is 315 Å². The highest BCUT2D eigenvalue weighted by molar-refractivity contribution is 5.90. The highest BCUT2D eigenvalue weighted by Gasteiger charge is 2.39. The molecule has 0 unspecified atom stereocenters. The van der Waals surface area contributed by atoms with Gasteiger partial charge < -0.3 is 39.6 Å². The number of carbonyl (C=O) groups excluding carboxylic acids is 3. The Morgan fingerprint density at radius 3 is 2.49 bits per heavy atom. The summed E-state index contributed by atoms with van der Waals surface area (Å²) in [6.45, 7) is -0.675. The summed E-state index contributed by atoms with van der Waals surface area (Å²) in [5, 5.41) is 50.3. The van der Waals surface area contributed by atoms with E-state index in [1.165, 1.54) is 43.5 Å². The van der Waals surface area contributed by atoms with Crippen LogP contribution in [0.2, 0.25) is 0 Å². The smallest absolute Gasteiger partial charge is 0.416 e. The second-order valence-electron chi connectivity index (χ2n) is 12.5. The second kappa shape index (κ2) is 22.7. The van der Waals surface area contributed by atoms with Crippen molar-refractivity contribution in [2.24, 2.45) is 11.8 Å². The summed E-state index contributed by atoms with van der Waals surface area (Å²) in [5.74, 6) is -2.60. The van der Waals surface area contributed by atoms with Gasteiger partial charge in [-0.2, -0.15) is 13.2 Å². The number of hydrogen-bond donors (Lipinski definition) is 6. The monoisotopic (exact) mass is 784 g/mol. The minimum Gasteiger partial charge on any atom is -0.493 e. The summed E-state index contributed by atoms with van der Waals surface area (Å²) < 4.78 is 59.7. The molecule has 0 saturated heterocycles. The number of amides is 1. The summed E-state index contributed by atoms with van der Waals surface area (Å²) in [6.07, 6.45) is 1.68. The first-order chi connectivity index (χ1) is 26.2. The van der Waals surface area contributed by atoms with E-state index in [9.17, 15) is 42.9 Å². The maximum atomic E-state index is 12.9. The van der Waals surface area contributed by atoms with Crippen LogP contribution in [0.1, 0.15) is 60.9 Å². The van der Waals surface area contributed by atoms with Crippen molar-refractivity contribution in [3.05, 3.63) is 77.9 Å².